The van der Waals surface area contributed by atoms with E-state index in [9.17, 15) is 14.4 Å². The number of nitrogens with zero attached hydrogens (tertiary/aromatic N) is 1. The van der Waals surface area contributed by atoms with E-state index in [4.69, 9.17) is 4.42 Å². The summed E-state index contributed by atoms with van der Waals surface area (Å²) in [6, 6.07) is 10.8. The molecule has 1 heterocycles. The molecule has 7 nitrogen and oxygen atoms in total. The molecule has 1 aromatic carbocycles. The van der Waals surface area contributed by atoms with Gasteiger partial charge >= 0.3 is 0 Å². The smallest absolute Gasteiger partial charge is 0.244 e. The topological polar surface area (TPSA) is 91.7 Å². The van der Waals surface area contributed by atoms with Crippen LogP contribution < -0.4 is 10.6 Å². The number of carbonyl (C=O) groups is 3. The number of nitrogens with one attached hydrogen (secondary N) is 2. The van der Waals surface area contributed by atoms with Gasteiger partial charge in [0.05, 0.1) is 6.26 Å². The molecule has 0 saturated carbocycles. The predicted molar refractivity (Wildman–Crippen MR) is 107 cm³/mol. The normalized spacial score (nSPS) is 10.6. The first-order valence-corrected chi connectivity index (χ1v) is 9.12. The average Bonchev–Trinajstić information content (AvgIpc) is 3.19. The molecule has 3 amide bonds. The zero-order valence-electron chi connectivity index (χ0n) is 16.1. The fourth-order valence-electron chi connectivity index (χ4n) is 2.55. The van der Waals surface area contributed by atoms with Gasteiger partial charge in [0.2, 0.25) is 17.7 Å². The number of amides is 3. The van der Waals surface area contributed by atoms with Crippen molar-refractivity contribution in [2.24, 2.45) is 0 Å². The summed E-state index contributed by atoms with van der Waals surface area (Å²) in [6.45, 7) is 4.66. The zero-order chi connectivity index (χ0) is 20.4. The Morgan fingerprint density at radius 2 is 1.93 bits per heavy atom. The Morgan fingerprint density at radius 1 is 1.14 bits per heavy atom. The number of anilines is 1. The van der Waals surface area contributed by atoms with E-state index in [0.29, 0.717) is 24.5 Å². The molecule has 0 radical (unpaired) electrons. The van der Waals surface area contributed by atoms with Crippen LogP contribution in [0.3, 0.4) is 0 Å². The van der Waals surface area contributed by atoms with Crippen LogP contribution in [0, 0.1) is 0 Å². The third-order valence-electron chi connectivity index (χ3n) is 4.07. The molecule has 0 unspecified atom stereocenters. The zero-order valence-corrected chi connectivity index (χ0v) is 16.1. The first-order chi connectivity index (χ1) is 13.5. The highest BCUT2D eigenvalue weighted by Crippen LogP contribution is 2.17. The lowest BCUT2D eigenvalue weighted by atomic mass is 10.1. The van der Waals surface area contributed by atoms with E-state index in [0.717, 1.165) is 5.56 Å². The van der Waals surface area contributed by atoms with Crippen molar-refractivity contribution < 1.29 is 18.8 Å². The van der Waals surface area contributed by atoms with E-state index in [-0.39, 0.29) is 30.7 Å². The molecule has 0 spiro atoms. The molecule has 0 saturated heterocycles. The fourth-order valence-corrected chi connectivity index (χ4v) is 2.55. The summed E-state index contributed by atoms with van der Waals surface area (Å²) in [5.74, 6) is 0.0448. The highest BCUT2D eigenvalue weighted by Gasteiger charge is 2.12. The third kappa shape index (κ3) is 6.75. The summed E-state index contributed by atoms with van der Waals surface area (Å²) in [5.41, 5.74) is 1.52. The van der Waals surface area contributed by atoms with Gasteiger partial charge in [-0.1, -0.05) is 18.2 Å². The number of hydrogen-bond donors (Lipinski definition) is 2. The highest BCUT2D eigenvalue weighted by atomic mass is 16.3. The molecule has 1 aromatic heterocycles. The summed E-state index contributed by atoms with van der Waals surface area (Å²) in [6.07, 6.45) is 4.57. The van der Waals surface area contributed by atoms with Gasteiger partial charge in [0, 0.05) is 44.7 Å². The minimum atomic E-state index is -0.301. The molecular formula is C21H25N3O4. The van der Waals surface area contributed by atoms with Crippen molar-refractivity contribution in [2.45, 2.75) is 26.8 Å². The molecule has 0 aliphatic heterocycles. The molecule has 0 aliphatic carbocycles. The van der Waals surface area contributed by atoms with Crippen LogP contribution in [0.4, 0.5) is 5.69 Å². The second kappa shape index (κ2) is 10.7. The summed E-state index contributed by atoms with van der Waals surface area (Å²) < 4.78 is 5.10. The maximum absolute atomic E-state index is 12.2. The number of carbonyl (C=O) groups excluding carboxylic acids is 3. The quantitative estimate of drug-likeness (QED) is 0.652. The second-order valence-electron chi connectivity index (χ2n) is 6.13. The minimum absolute atomic E-state index is 0.0195. The number of rotatable bonds is 9. The van der Waals surface area contributed by atoms with E-state index in [1.165, 1.54) is 19.3 Å². The van der Waals surface area contributed by atoms with E-state index < -0.39 is 0 Å². The third-order valence-corrected chi connectivity index (χ3v) is 4.07. The van der Waals surface area contributed by atoms with Crippen molar-refractivity contribution in [1.82, 2.24) is 10.2 Å². The summed E-state index contributed by atoms with van der Waals surface area (Å²) in [4.78, 5) is 37.3. The Balaban J connectivity index is 1.83. The number of furan rings is 1. The maximum Gasteiger partial charge on any atom is 0.244 e. The first-order valence-electron chi connectivity index (χ1n) is 9.12. The molecule has 2 aromatic rings. The van der Waals surface area contributed by atoms with Crippen LogP contribution in [-0.2, 0) is 20.9 Å². The van der Waals surface area contributed by atoms with Crippen LogP contribution in [0.1, 0.15) is 31.6 Å². The molecule has 2 rings (SSSR count). The summed E-state index contributed by atoms with van der Waals surface area (Å²) in [5, 5.41) is 5.50. The van der Waals surface area contributed by atoms with Crippen LogP contribution in [-0.4, -0.2) is 35.7 Å². The van der Waals surface area contributed by atoms with Gasteiger partial charge in [-0.15, -0.1) is 0 Å². The number of para-hydroxylation sites is 1. The lowest BCUT2D eigenvalue weighted by molar-refractivity contribution is -0.129. The predicted octanol–water partition coefficient (Wildman–Crippen LogP) is 2.81. The van der Waals surface area contributed by atoms with Crippen LogP contribution in [0.2, 0.25) is 0 Å². The van der Waals surface area contributed by atoms with Gasteiger partial charge in [0.1, 0.15) is 5.76 Å². The average molecular weight is 383 g/mol. The first kappa shape index (κ1) is 21.0. The SMILES string of the molecule is CCN(Cc1ccccc1NC(=O)CCNC(=O)/C=C/c1ccco1)C(C)=O. The number of hydrogen-bond acceptors (Lipinski definition) is 4. The summed E-state index contributed by atoms with van der Waals surface area (Å²) >= 11 is 0. The Morgan fingerprint density at radius 3 is 2.61 bits per heavy atom. The molecule has 0 atom stereocenters. The molecular weight excluding hydrogens is 358 g/mol. The van der Waals surface area contributed by atoms with Gasteiger partial charge in [0.15, 0.2) is 0 Å². The molecule has 148 valence electrons. The molecule has 0 bridgehead atoms. The molecule has 2 N–H and O–H groups in total. The van der Waals surface area contributed by atoms with Crippen molar-refractivity contribution in [1.29, 1.82) is 0 Å². The molecule has 7 heteroatoms. The van der Waals surface area contributed by atoms with Gasteiger partial charge in [0.25, 0.3) is 0 Å². The molecule has 28 heavy (non-hydrogen) atoms. The van der Waals surface area contributed by atoms with Crippen molar-refractivity contribution in [3.8, 4) is 0 Å². The second-order valence-corrected chi connectivity index (χ2v) is 6.13. The summed E-state index contributed by atoms with van der Waals surface area (Å²) in [7, 11) is 0. The van der Waals surface area contributed by atoms with Crippen molar-refractivity contribution in [3.05, 3.63) is 60.1 Å². The van der Waals surface area contributed by atoms with Gasteiger partial charge in [-0.2, -0.15) is 0 Å². The van der Waals surface area contributed by atoms with Crippen LogP contribution >= 0.6 is 0 Å². The van der Waals surface area contributed by atoms with Gasteiger partial charge in [-0.3, -0.25) is 14.4 Å². The van der Waals surface area contributed by atoms with E-state index >= 15 is 0 Å². The van der Waals surface area contributed by atoms with E-state index in [2.05, 4.69) is 10.6 Å². The van der Waals surface area contributed by atoms with E-state index in [1.807, 2.05) is 25.1 Å². The van der Waals surface area contributed by atoms with Gasteiger partial charge < -0.3 is 20.0 Å². The Labute approximate surface area is 164 Å². The van der Waals surface area contributed by atoms with Gasteiger partial charge in [-0.05, 0) is 36.8 Å². The fraction of sp³-hybridized carbons (Fsp3) is 0.286. The van der Waals surface area contributed by atoms with Crippen LogP contribution in [0.15, 0.2) is 53.2 Å². The standard InChI is InChI=1S/C21H25N3O4/c1-3-24(16(2)25)15-17-7-4-5-9-19(17)23-21(27)12-13-22-20(26)11-10-18-8-6-14-28-18/h4-11,14H,3,12-13,15H2,1-2H3,(H,22,26)(H,23,27)/b11-10+. The van der Waals surface area contributed by atoms with Crippen LogP contribution in [0.25, 0.3) is 6.08 Å². The van der Waals surface area contributed by atoms with Crippen molar-refractivity contribution in [2.75, 3.05) is 18.4 Å². The Hall–Kier alpha value is -3.35. The highest BCUT2D eigenvalue weighted by molar-refractivity contribution is 5.93. The Kier molecular flexibility index (Phi) is 8.02. The minimum Gasteiger partial charge on any atom is -0.465 e. The maximum atomic E-state index is 12.2. The van der Waals surface area contributed by atoms with E-state index in [1.54, 1.807) is 29.2 Å². The van der Waals surface area contributed by atoms with Crippen molar-refractivity contribution >= 4 is 29.5 Å². The van der Waals surface area contributed by atoms with Crippen molar-refractivity contribution in [3.63, 3.8) is 0 Å². The lowest BCUT2D eigenvalue weighted by Gasteiger charge is -2.21. The molecule has 0 aliphatic rings. The molecule has 0 fully saturated rings. The monoisotopic (exact) mass is 383 g/mol. The number of benzene rings is 1. The largest absolute Gasteiger partial charge is 0.465 e. The van der Waals surface area contributed by atoms with Crippen LogP contribution in [0.5, 0.6) is 0 Å². The lowest BCUT2D eigenvalue weighted by Crippen LogP contribution is -2.29. The van der Waals surface area contributed by atoms with Gasteiger partial charge in [-0.25, -0.2) is 0 Å². The Bertz CT molecular complexity index is 828.